The minimum atomic E-state index is -0.649. The first-order valence-corrected chi connectivity index (χ1v) is 11.0. The third-order valence-corrected chi connectivity index (χ3v) is 5.73. The lowest BCUT2D eigenvalue weighted by Gasteiger charge is -2.39. The number of hydrogen-bond donors (Lipinski definition) is 0. The number of furan rings is 1. The smallest absolute Gasteiger partial charge is 0.342 e. The third-order valence-electron chi connectivity index (χ3n) is 5.73. The predicted octanol–water partition coefficient (Wildman–Crippen LogP) is 3.03. The van der Waals surface area contributed by atoms with Crippen LogP contribution in [-0.4, -0.2) is 63.2 Å². The highest BCUT2D eigenvalue weighted by molar-refractivity contribution is 6.04. The molecule has 2 aromatic heterocycles. The second-order valence-electron chi connectivity index (χ2n) is 8.22. The molecule has 3 aromatic rings. The van der Waals surface area contributed by atoms with Gasteiger partial charge in [-0.25, -0.2) is 14.8 Å². The summed E-state index contributed by atoms with van der Waals surface area (Å²) in [7, 11) is 0. The normalized spacial score (nSPS) is 15.8. The fourth-order valence-corrected chi connectivity index (χ4v) is 4.04. The Bertz CT molecular complexity index is 1190. The number of piperazine rings is 1. The van der Waals surface area contributed by atoms with Gasteiger partial charge in [-0.05, 0) is 38.5 Å². The van der Waals surface area contributed by atoms with Gasteiger partial charge in [-0.1, -0.05) is 30.3 Å². The van der Waals surface area contributed by atoms with Crippen LogP contribution in [0.3, 0.4) is 0 Å². The van der Waals surface area contributed by atoms with Gasteiger partial charge in [0, 0.05) is 25.7 Å². The maximum atomic E-state index is 13.5. The van der Waals surface area contributed by atoms with E-state index in [1.807, 2.05) is 37.3 Å². The van der Waals surface area contributed by atoms with Crippen molar-refractivity contribution in [3.63, 3.8) is 0 Å². The van der Waals surface area contributed by atoms with Crippen LogP contribution in [0.4, 0.5) is 0 Å². The molecule has 1 fully saturated rings. The molecule has 9 nitrogen and oxygen atoms in total. The van der Waals surface area contributed by atoms with Gasteiger partial charge in [0.2, 0.25) is 0 Å². The average Bonchev–Trinajstić information content (AvgIpc) is 3.37. The van der Waals surface area contributed by atoms with Crippen LogP contribution >= 0.6 is 0 Å². The zero-order valence-corrected chi connectivity index (χ0v) is 19.4. The molecule has 0 spiro atoms. The standard InChI is InChI=1S/C25H26N4O5/c1-16-14-28(11-12-29(16)23(30)20-10-7-13-33-20)24(31)22-21(17(2)26-18(3)27-22)25(32)34-15-19-8-5-4-6-9-19/h4-10,13,16H,11-12,14-15H2,1-3H3. The summed E-state index contributed by atoms with van der Waals surface area (Å²) in [6.45, 7) is 6.21. The lowest BCUT2D eigenvalue weighted by atomic mass is 10.1. The predicted molar refractivity (Wildman–Crippen MR) is 122 cm³/mol. The van der Waals surface area contributed by atoms with Gasteiger partial charge in [-0.3, -0.25) is 9.59 Å². The second kappa shape index (κ2) is 9.86. The monoisotopic (exact) mass is 462 g/mol. The molecule has 1 aliphatic rings. The van der Waals surface area contributed by atoms with Gasteiger partial charge >= 0.3 is 5.97 Å². The maximum Gasteiger partial charge on any atom is 0.342 e. The summed E-state index contributed by atoms with van der Waals surface area (Å²) in [5.74, 6) is -0.609. The van der Waals surface area contributed by atoms with Gasteiger partial charge < -0.3 is 19.0 Å². The molecule has 0 N–H and O–H groups in total. The number of carbonyl (C=O) groups excluding carboxylic acids is 3. The highest BCUT2D eigenvalue weighted by Crippen LogP contribution is 2.20. The number of hydrogen-bond acceptors (Lipinski definition) is 7. The first kappa shape index (κ1) is 23.2. The Balaban J connectivity index is 1.51. The summed E-state index contributed by atoms with van der Waals surface area (Å²) < 4.78 is 10.7. The number of nitrogens with zero attached hydrogens (tertiary/aromatic N) is 4. The molecule has 2 amide bonds. The van der Waals surface area contributed by atoms with Crippen molar-refractivity contribution < 1.29 is 23.5 Å². The van der Waals surface area contributed by atoms with Gasteiger partial charge in [0.25, 0.3) is 11.8 Å². The van der Waals surface area contributed by atoms with Crippen molar-refractivity contribution >= 4 is 17.8 Å². The van der Waals surface area contributed by atoms with Crippen LogP contribution in [0.25, 0.3) is 0 Å². The van der Waals surface area contributed by atoms with Crippen molar-refractivity contribution in [1.82, 2.24) is 19.8 Å². The highest BCUT2D eigenvalue weighted by atomic mass is 16.5. The quantitative estimate of drug-likeness (QED) is 0.537. The van der Waals surface area contributed by atoms with Crippen molar-refractivity contribution in [1.29, 1.82) is 0 Å². The number of aryl methyl sites for hydroxylation is 2. The summed E-state index contributed by atoms with van der Waals surface area (Å²) in [5.41, 5.74) is 1.29. The number of rotatable bonds is 5. The fraction of sp³-hybridized carbons (Fsp3) is 0.320. The number of ether oxygens (including phenoxy) is 1. The van der Waals surface area contributed by atoms with E-state index in [1.165, 1.54) is 6.26 Å². The minimum absolute atomic E-state index is 0.0149. The van der Waals surface area contributed by atoms with Gasteiger partial charge in [0.05, 0.1) is 12.0 Å². The molecular weight excluding hydrogens is 436 g/mol. The number of esters is 1. The van der Waals surface area contributed by atoms with Crippen molar-refractivity contribution in [3.8, 4) is 0 Å². The molecule has 1 atom stereocenters. The van der Waals surface area contributed by atoms with E-state index in [9.17, 15) is 14.4 Å². The third kappa shape index (κ3) is 4.83. The van der Waals surface area contributed by atoms with Crippen LogP contribution in [0.5, 0.6) is 0 Å². The van der Waals surface area contributed by atoms with Gasteiger partial charge in [0.1, 0.15) is 23.7 Å². The first-order valence-electron chi connectivity index (χ1n) is 11.0. The molecule has 4 rings (SSSR count). The molecule has 1 saturated heterocycles. The van der Waals surface area contributed by atoms with Crippen LogP contribution in [0.2, 0.25) is 0 Å². The highest BCUT2D eigenvalue weighted by Gasteiger charge is 2.34. The van der Waals surface area contributed by atoms with E-state index in [-0.39, 0.29) is 35.6 Å². The van der Waals surface area contributed by atoms with Crippen molar-refractivity contribution in [2.24, 2.45) is 0 Å². The van der Waals surface area contributed by atoms with Crippen LogP contribution in [0.1, 0.15) is 55.4 Å². The molecule has 0 bridgehead atoms. The summed E-state index contributed by atoms with van der Waals surface area (Å²) in [4.78, 5) is 51.0. The van der Waals surface area contributed by atoms with E-state index in [0.717, 1.165) is 5.56 Å². The lowest BCUT2D eigenvalue weighted by Crippen LogP contribution is -2.55. The molecule has 176 valence electrons. The first-order chi connectivity index (χ1) is 16.3. The van der Waals surface area contributed by atoms with Gasteiger partial charge in [-0.2, -0.15) is 0 Å². The SMILES string of the molecule is Cc1nc(C)c(C(=O)OCc2ccccc2)c(C(=O)N2CCN(C(=O)c3ccco3)C(C)C2)n1. The molecule has 0 radical (unpaired) electrons. The Labute approximate surface area is 197 Å². The van der Waals surface area contributed by atoms with Crippen molar-refractivity contribution in [2.75, 3.05) is 19.6 Å². The molecular formula is C25H26N4O5. The largest absolute Gasteiger partial charge is 0.459 e. The Morgan fingerprint density at radius 2 is 1.79 bits per heavy atom. The minimum Gasteiger partial charge on any atom is -0.459 e. The van der Waals surface area contributed by atoms with E-state index in [1.54, 1.807) is 35.8 Å². The molecule has 1 aliphatic heterocycles. The zero-order valence-electron chi connectivity index (χ0n) is 19.4. The van der Waals surface area contributed by atoms with E-state index in [4.69, 9.17) is 9.15 Å². The van der Waals surface area contributed by atoms with Crippen LogP contribution in [0, 0.1) is 13.8 Å². The molecule has 34 heavy (non-hydrogen) atoms. The Morgan fingerprint density at radius 3 is 2.47 bits per heavy atom. The number of benzene rings is 1. The Kier molecular flexibility index (Phi) is 6.72. The van der Waals surface area contributed by atoms with Gasteiger partial charge in [-0.15, -0.1) is 0 Å². The summed E-state index contributed by atoms with van der Waals surface area (Å²) >= 11 is 0. The van der Waals surface area contributed by atoms with Gasteiger partial charge in [0.15, 0.2) is 5.76 Å². The molecule has 0 aliphatic carbocycles. The molecule has 1 aromatic carbocycles. The summed E-state index contributed by atoms with van der Waals surface area (Å²) in [6.07, 6.45) is 1.45. The van der Waals surface area contributed by atoms with Crippen molar-refractivity contribution in [3.05, 3.63) is 82.8 Å². The van der Waals surface area contributed by atoms with E-state index >= 15 is 0 Å². The Hall–Kier alpha value is -4.01. The summed E-state index contributed by atoms with van der Waals surface area (Å²) in [6, 6.07) is 12.3. The van der Waals surface area contributed by atoms with Crippen molar-refractivity contribution in [2.45, 2.75) is 33.4 Å². The zero-order chi connectivity index (χ0) is 24.2. The number of aromatic nitrogens is 2. The van der Waals surface area contributed by atoms with E-state index in [2.05, 4.69) is 9.97 Å². The molecule has 0 saturated carbocycles. The fourth-order valence-electron chi connectivity index (χ4n) is 4.04. The number of amides is 2. The van der Waals surface area contributed by atoms with Crippen LogP contribution < -0.4 is 0 Å². The van der Waals surface area contributed by atoms with Crippen LogP contribution in [0.15, 0.2) is 53.1 Å². The Morgan fingerprint density at radius 1 is 1.03 bits per heavy atom. The maximum absolute atomic E-state index is 13.5. The lowest BCUT2D eigenvalue weighted by molar-refractivity contribution is 0.0385. The topological polar surface area (TPSA) is 106 Å². The average molecular weight is 463 g/mol. The molecule has 9 heteroatoms. The summed E-state index contributed by atoms with van der Waals surface area (Å²) in [5, 5.41) is 0. The second-order valence-corrected chi connectivity index (χ2v) is 8.22. The van der Waals surface area contributed by atoms with E-state index in [0.29, 0.717) is 31.2 Å². The molecule has 1 unspecified atom stereocenters. The number of carbonyl (C=O) groups is 3. The van der Waals surface area contributed by atoms with E-state index < -0.39 is 11.9 Å². The van der Waals surface area contributed by atoms with Crippen LogP contribution in [-0.2, 0) is 11.3 Å². The molecule has 3 heterocycles.